The Morgan fingerprint density at radius 2 is 2.10 bits per heavy atom. The maximum Gasteiger partial charge on any atom is 0.276 e. The molecule has 0 bridgehead atoms. The van der Waals surface area contributed by atoms with Gasteiger partial charge in [0.1, 0.15) is 5.69 Å². The third kappa shape index (κ3) is 2.54. The first-order valence-corrected chi connectivity index (χ1v) is 6.39. The first-order chi connectivity index (χ1) is 9.76. The zero-order valence-corrected chi connectivity index (χ0v) is 11.2. The van der Waals surface area contributed by atoms with Crippen LogP contribution >= 0.6 is 11.6 Å². The standard InChI is InChI=1S/C14H11ClN4O/c15-11-3-1-2-10(6-11)13-18-14(20-19-13)12-5-4-9(7-16)8-17-12/h1-6,8H,7,16H2. The maximum absolute atomic E-state index is 5.94. The molecular formula is C14H11ClN4O. The summed E-state index contributed by atoms with van der Waals surface area (Å²) in [6.07, 6.45) is 1.69. The van der Waals surface area contributed by atoms with E-state index >= 15 is 0 Å². The van der Waals surface area contributed by atoms with Crippen LogP contribution in [0, 0.1) is 0 Å². The van der Waals surface area contributed by atoms with Gasteiger partial charge in [0.05, 0.1) is 0 Å². The van der Waals surface area contributed by atoms with E-state index in [1.54, 1.807) is 24.4 Å². The molecule has 0 aliphatic carbocycles. The first-order valence-electron chi connectivity index (χ1n) is 6.01. The number of hydrogen-bond acceptors (Lipinski definition) is 5. The zero-order chi connectivity index (χ0) is 13.9. The molecule has 3 aromatic rings. The Hall–Kier alpha value is -2.24. The Bertz CT molecular complexity index is 724. The fraction of sp³-hybridized carbons (Fsp3) is 0.0714. The van der Waals surface area contributed by atoms with Crippen LogP contribution in [0.25, 0.3) is 23.0 Å². The van der Waals surface area contributed by atoms with Gasteiger partial charge in [0.15, 0.2) is 0 Å². The van der Waals surface area contributed by atoms with Crippen LogP contribution < -0.4 is 5.73 Å². The van der Waals surface area contributed by atoms with Crippen molar-refractivity contribution < 1.29 is 4.52 Å². The summed E-state index contributed by atoms with van der Waals surface area (Å²) in [6, 6.07) is 11.0. The van der Waals surface area contributed by atoms with Crippen LogP contribution in [0.4, 0.5) is 0 Å². The number of nitrogens with zero attached hydrogens (tertiary/aromatic N) is 3. The molecule has 2 N–H and O–H groups in total. The lowest BCUT2D eigenvalue weighted by molar-refractivity contribution is 0.431. The van der Waals surface area contributed by atoms with E-state index in [4.69, 9.17) is 21.9 Å². The predicted molar refractivity (Wildman–Crippen MR) is 75.9 cm³/mol. The summed E-state index contributed by atoms with van der Waals surface area (Å²) in [5.41, 5.74) is 7.89. The molecular weight excluding hydrogens is 276 g/mol. The van der Waals surface area contributed by atoms with Crippen LogP contribution in [0.3, 0.4) is 0 Å². The Kier molecular flexibility index (Phi) is 3.45. The van der Waals surface area contributed by atoms with Gasteiger partial charge in [-0.25, -0.2) is 0 Å². The second-order valence-electron chi connectivity index (χ2n) is 4.19. The van der Waals surface area contributed by atoms with E-state index in [-0.39, 0.29) is 0 Å². The van der Waals surface area contributed by atoms with Gasteiger partial charge in [-0.15, -0.1) is 0 Å². The zero-order valence-electron chi connectivity index (χ0n) is 10.5. The van der Waals surface area contributed by atoms with Gasteiger partial charge in [0, 0.05) is 23.3 Å². The third-order valence-electron chi connectivity index (χ3n) is 2.79. The van der Waals surface area contributed by atoms with E-state index in [1.807, 2.05) is 18.2 Å². The molecule has 6 heteroatoms. The highest BCUT2D eigenvalue weighted by molar-refractivity contribution is 6.30. The summed E-state index contributed by atoms with van der Waals surface area (Å²) in [5, 5.41) is 4.56. The van der Waals surface area contributed by atoms with E-state index in [0.717, 1.165) is 11.1 Å². The molecule has 0 aliphatic heterocycles. The minimum atomic E-state index is 0.364. The minimum Gasteiger partial charge on any atom is -0.332 e. The Balaban J connectivity index is 1.93. The van der Waals surface area contributed by atoms with Gasteiger partial charge in [0.2, 0.25) is 5.82 Å². The predicted octanol–water partition coefficient (Wildman–Crippen LogP) is 2.91. The molecule has 0 spiro atoms. The van der Waals surface area contributed by atoms with E-state index in [1.165, 1.54) is 0 Å². The molecule has 0 radical (unpaired) electrons. The third-order valence-corrected chi connectivity index (χ3v) is 3.02. The Morgan fingerprint density at radius 3 is 2.80 bits per heavy atom. The van der Waals surface area contributed by atoms with Crippen LogP contribution in [0.2, 0.25) is 5.02 Å². The monoisotopic (exact) mass is 286 g/mol. The van der Waals surface area contributed by atoms with Gasteiger partial charge in [-0.1, -0.05) is 35.0 Å². The molecule has 0 atom stereocenters. The van der Waals surface area contributed by atoms with Crippen molar-refractivity contribution in [2.24, 2.45) is 5.73 Å². The van der Waals surface area contributed by atoms with Crippen LogP contribution in [0.5, 0.6) is 0 Å². The molecule has 20 heavy (non-hydrogen) atoms. The number of aromatic nitrogens is 3. The van der Waals surface area contributed by atoms with Gasteiger partial charge in [-0.3, -0.25) is 4.98 Å². The number of nitrogens with two attached hydrogens (primary N) is 1. The average molecular weight is 287 g/mol. The van der Waals surface area contributed by atoms with Gasteiger partial charge in [-0.2, -0.15) is 4.98 Å². The fourth-order valence-corrected chi connectivity index (χ4v) is 1.93. The second kappa shape index (κ2) is 5.40. The van der Waals surface area contributed by atoms with E-state index in [2.05, 4.69) is 15.1 Å². The molecule has 100 valence electrons. The molecule has 2 aromatic heterocycles. The van der Waals surface area contributed by atoms with Crippen LogP contribution in [-0.2, 0) is 6.54 Å². The largest absolute Gasteiger partial charge is 0.332 e. The van der Waals surface area contributed by atoms with Gasteiger partial charge < -0.3 is 10.3 Å². The highest BCUT2D eigenvalue weighted by Gasteiger charge is 2.11. The van der Waals surface area contributed by atoms with Crippen LogP contribution in [0.15, 0.2) is 47.1 Å². The van der Waals surface area contributed by atoms with Gasteiger partial charge in [-0.05, 0) is 23.8 Å². The highest BCUT2D eigenvalue weighted by Crippen LogP contribution is 2.23. The van der Waals surface area contributed by atoms with Crippen molar-refractivity contribution in [2.45, 2.75) is 6.54 Å². The number of hydrogen-bond donors (Lipinski definition) is 1. The summed E-state index contributed by atoms with van der Waals surface area (Å²) < 4.78 is 5.22. The molecule has 5 nitrogen and oxygen atoms in total. The van der Waals surface area contributed by atoms with Gasteiger partial charge >= 0.3 is 0 Å². The number of benzene rings is 1. The smallest absolute Gasteiger partial charge is 0.276 e. The fourth-order valence-electron chi connectivity index (χ4n) is 1.74. The molecule has 0 unspecified atom stereocenters. The lowest BCUT2D eigenvalue weighted by Crippen LogP contribution is -1.96. The molecule has 0 saturated heterocycles. The lowest BCUT2D eigenvalue weighted by Gasteiger charge is -1.96. The summed E-state index contributed by atoms with van der Waals surface area (Å²) >= 11 is 5.94. The molecule has 3 rings (SSSR count). The molecule has 1 aromatic carbocycles. The SMILES string of the molecule is NCc1ccc(-c2nc(-c3cccc(Cl)c3)no2)nc1. The van der Waals surface area contributed by atoms with Crippen molar-refractivity contribution in [3.8, 4) is 23.0 Å². The molecule has 0 aliphatic rings. The van der Waals surface area contributed by atoms with E-state index in [9.17, 15) is 0 Å². The number of halogens is 1. The normalized spacial score (nSPS) is 10.7. The number of rotatable bonds is 3. The lowest BCUT2D eigenvalue weighted by atomic mass is 10.2. The van der Waals surface area contributed by atoms with Crippen LogP contribution in [-0.4, -0.2) is 15.1 Å². The van der Waals surface area contributed by atoms with Crippen molar-refractivity contribution in [2.75, 3.05) is 0 Å². The first kappa shape index (κ1) is 12.8. The molecule has 0 fully saturated rings. The minimum absolute atomic E-state index is 0.364. The summed E-state index contributed by atoms with van der Waals surface area (Å²) in [4.78, 5) is 8.56. The molecule has 2 heterocycles. The summed E-state index contributed by atoms with van der Waals surface area (Å²) in [5.74, 6) is 0.843. The van der Waals surface area contributed by atoms with E-state index in [0.29, 0.717) is 29.0 Å². The number of pyridine rings is 1. The van der Waals surface area contributed by atoms with Crippen LogP contribution in [0.1, 0.15) is 5.56 Å². The second-order valence-corrected chi connectivity index (χ2v) is 4.63. The summed E-state index contributed by atoms with van der Waals surface area (Å²) in [7, 11) is 0. The quantitative estimate of drug-likeness (QED) is 0.801. The maximum atomic E-state index is 5.94. The van der Waals surface area contributed by atoms with Crippen molar-refractivity contribution in [3.63, 3.8) is 0 Å². The Morgan fingerprint density at radius 1 is 1.20 bits per heavy atom. The average Bonchev–Trinajstić information content (AvgIpc) is 2.97. The van der Waals surface area contributed by atoms with E-state index < -0.39 is 0 Å². The van der Waals surface area contributed by atoms with Crippen molar-refractivity contribution in [1.82, 2.24) is 15.1 Å². The van der Waals surface area contributed by atoms with Crippen molar-refractivity contribution in [1.29, 1.82) is 0 Å². The molecule has 0 saturated carbocycles. The van der Waals surface area contributed by atoms with Crippen molar-refractivity contribution >= 4 is 11.6 Å². The summed E-state index contributed by atoms with van der Waals surface area (Å²) in [6.45, 7) is 0.449. The van der Waals surface area contributed by atoms with Crippen molar-refractivity contribution in [3.05, 3.63) is 53.2 Å². The highest BCUT2D eigenvalue weighted by atomic mass is 35.5. The van der Waals surface area contributed by atoms with Gasteiger partial charge in [0.25, 0.3) is 5.89 Å². The Labute approximate surface area is 120 Å². The topological polar surface area (TPSA) is 77.8 Å². The molecule has 0 amide bonds.